The molecular weight excluding hydrogens is 461 g/mol. The van der Waals surface area contributed by atoms with E-state index in [0.29, 0.717) is 5.69 Å². The molecule has 162 valence electrons. The Morgan fingerprint density at radius 3 is 2.29 bits per heavy atom. The maximum atomic E-state index is 12.9. The molecule has 0 atom stereocenters. The highest BCUT2D eigenvalue weighted by molar-refractivity contribution is 7.89. The number of nitrogens with zero attached hydrogens (tertiary/aromatic N) is 3. The van der Waals surface area contributed by atoms with Gasteiger partial charge in [-0.1, -0.05) is 58.2 Å². The number of sulfonamides is 1. The van der Waals surface area contributed by atoms with Crippen LogP contribution in [0.5, 0.6) is 0 Å². The zero-order valence-corrected chi connectivity index (χ0v) is 18.9. The summed E-state index contributed by atoms with van der Waals surface area (Å²) in [7, 11) is -3.73. The van der Waals surface area contributed by atoms with Gasteiger partial charge in [-0.05, 0) is 25.1 Å². The number of rotatable bonds is 4. The number of hydrogen-bond donors (Lipinski definition) is 0. The SMILES string of the molecule is Cc1ccc(-c2cc(C(=O)N3CCN(S(=O)(=O)c4ccc(Cl)c(Cl)c4)CC3)on2)cc1. The first-order valence-electron chi connectivity index (χ1n) is 9.54. The number of halogens is 2. The lowest BCUT2D eigenvalue weighted by molar-refractivity contribution is 0.0656. The lowest BCUT2D eigenvalue weighted by Crippen LogP contribution is -2.50. The highest BCUT2D eigenvalue weighted by Crippen LogP contribution is 2.27. The maximum Gasteiger partial charge on any atom is 0.292 e. The van der Waals surface area contributed by atoms with Gasteiger partial charge in [-0.3, -0.25) is 4.79 Å². The molecule has 0 N–H and O–H groups in total. The molecule has 7 nitrogen and oxygen atoms in total. The van der Waals surface area contributed by atoms with E-state index in [4.69, 9.17) is 27.7 Å². The summed E-state index contributed by atoms with van der Waals surface area (Å²) in [5, 5.41) is 4.45. The third-order valence-electron chi connectivity index (χ3n) is 5.12. The van der Waals surface area contributed by atoms with Crippen LogP contribution in [0.25, 0.3) is 11.3 Å². The molecule has 1 aliphatic rings. The number of carbonyl (C=O) groups excluding carboxylic acids is 1. The first-order valence-corrected chi connectivity index (χ1v) is 11.7. The van der Waals surface area contributed by atoms with E-state index in [1.807, 2.05) is 31.2 Å². The number of amides is 1. The first-order chi connectivity index (χ1) is 14.8. The molecule has 0 spiro atoms. The molecule has 2 aromatic carbocycles. The van der Waals surface area contributed by atoms with Crippen LogP contribution in [0, 0.1) is 6.92 Å². The largest absolute Gasteiger partial charge is 0.350 e. The van der Waals surface area contributed by atoms with E-state index < -0.39 is 10.0 Å². The predicted octanol–water partition coefficient (Wildman–Crippen LogP) is 4.10. The van der Waals surface area contributed by atoms with Gasteiger partial charge in [0.1, 0.15) is 5.69 Å². The third kappa shape index (κ3) is 4.48. The molecule has 1 saturated heterocycles. The Morgan fingerprint density at radius 2 is 1.65 bits per heavy atom. The molecule has 0 aliphatic carbocycles. The van der Waals surface area contributed by atoms with Crippen molar-refractivity contribution in [3.05, 3.63) is 69.9 Å². The summed E-state index contributed by atoms with van der Waals surface area (Å²) in [4.78, 5) is 14.4. The Labute approximate surface area is 190 Å². The molecule has 1 amide bonds. The third-order valence-corrected chi connectivity index (χ3v) is 7.76. The summed E-state index contributed by atoms with van der Waals surface area (Å²) < 4.78 is 32.3. The molecule has 1 aliphatic heterocycles. The lowest BCUT2D eigenvalue weighted by atomic mass is 10.1. The minimum Gasteiger partial charge on any atom is -0.350 e. The molecule has 0 unspecified atom stereocenters. The van der Waals surface area contributed by atoms with E-state index in [-0.39, 0.29) is 52.8 Å². The summed E-state index contributed by atoms with van der Waals surface area (Å²) in [5.74, 6) is -0.200. The summed E-state index contributed by atoms with van der Waals surface area (Å²) in [6, 6.07) is 13.5. The van der Waals surface area contributed by atoms with Gasteiger partial charge in [0.05, 0.1) is 14.9 Å². The first kappa shape index (κ1) is 21.8. The monoisotopic (exact) mass is 479 g/mol. The van der Waals surface area contributed by atoms with Crippen LogP contribution in [0.4, 0.5) is 0 Å². The van der Waals surface area contributed by atoms with E-state index in [0.717, 1.165) is 11.1 Å². The van der Waals surface area contributed by atoms with Crippen LogP contribution in [-0.2, 0) is 10.0 Å². The smallest absolute Gasteiger partial charge is 0.292 e. The highest BCUT2D eigenvalue weighted by Gasteiger charge is 2.32. The second kappa shape index (κ2) is 8.63. The topological polar surface area (TPSA) is 83.7 Å². The summed E-state index contributed by atoms with van der Waals surface area (Å²) in [6.07, 6.45) is 0. The zero-order valence-electron chi connectivity index (χ0n) is 16.6. The standard InChI is InChI=1S/C21H19Cl2N3O4S/c1-14-2-4-15(5-3-14)19-13-20(30-24-19)21(27)25-8-10-26(11-9-25)31(28,29)16-6-7-17(22)18(23)12-16/h2-7,12-13H,8-11H2,1H3. The Morgan fingerprint density at radius 1 is 0.968 bits per heavy atom. The summed E-state index contributed by atoms with van der Waals surface area (Å²) >= 11 is 11.8. The fourth-order valence-corrected chi connectivity index (χ4v) is 5.12. The van der Waals surface area contributed by atoms with Crippen LogP contribution in [0.3, 0.4) is 0 Å². The molecular formula is C21H19Cl2N3O4S. The normalized spacial score (nSPS) is 15.3. The van der Waals surface area contributed by atoms with Crippen molar-refractivity contribution in [1.82, 2.24) is 14.4 Å². The van der Waals surface area contributed by atoms with Crippen molar-refractivity contribution in [2.24, 2.45) is 0 Å². The van der Waals surface area contributed by atoms with Crippen LogP contribution in [0.2, 0.25) is 10.0 Å². The number of piperazine rings is 1. The highest BCUT2D eigenvalue weighted by atomic mass is 35.5. The molecule has 0 saturated carbocycles. The van der Waals surface area contributed by atoms with E-state index in [2.05, 4.69) is 5.16 Å². The minimum atomic E-state index is -3.73. The summed E-state index contributed by atoms with van der Waals surface area (Å²) in [5.41, 5.74) is 2.55. The van der Waals surface area contributed by atoms with E-state index >= 15 is 0 Å². The van der Waals surface area contributed by atoms with Gasteiger partial charge < -0.3 is 9.42 Å². The van der Waals surface area contributed by atoms with Crippen molar-refractivity contribution in [3.63, 3.8) is 0 Å². The van der Waals surface area contributed by atoms with Crippen LogP contribution in [0.15, 0.2) is 57.9 Å². The Kier molecular flexibility index (Phi) is 6.07. The average Bonchev–Trinajstić information content (AvgIpc) is 3.26. The van der Waals surface area contributed by atoms with Crippen LogP contribution >= 0.6 is 23.2 Å². The zero-order chi connectivity index (χ0) is 22.2. The predicted molar refractivity (Wildman–Crippen MR) is 118 cm³/mol. The molecule has 1 fully saturated rings. The molecule has 10 heteroatoms. The van der Waals surface area contributed by atoms with Crippen LogP contribution in [-0.4, -0.2) is 54.9 Å². The fourth-order valence-electron chi connectivity index (χ4n) is 3.31. The van der Waals surface area contributed by atoms with Gasteiger partial charge in [0.2, 0.25) is 15.8 Å². The molecule has 2 heterocycles. The van der Waals surface area contributed by atoms with Gasteiger partial charge in [0.25, 0.3) is 5.91 Å². The summed E-state index contributed by atoms with van der Waals surface area (Å²) in [6.45, 7) is 2.78. The second-order valence-electron chi connectivity index (χ2n) is 7.21. The van der Waals surface area contributed by atoms with E-state index in [9.17, 15) is 13.2 Å². The number of aryl methyl sites for hydroxylation is 1. The van der Waals surface area contributed by atoms with Crippen molar-refractivity contribution in [2.45, 2.75) is 11.8 Å². The Bertz CT molecular complexity index is 1220. The molecule has 4 rings (SSSR count). The van der Waals surface area contributed by atoms with Gasteiger partial charge in [0, 0.05) is 37.8 Å². The van der Waals surface area contributed by atoms with Crippen molar-refractivity contribution in [2.75, 3.05) is 26.2 Å². The van der Waals surface area contributed by atoms with Gasteiger partial charge in [-0.25, -0.2) is 8.42 Å². The Hall–Kier alpha value is -2.39. The van der Waals surface area contributed by atoms with E-state index in [1.54, 1.807) is 11.0 Å². The average molecular weight is 480 g/mol. The number of hydrogen-bond acceptors (Lipinski definition) is 5. The Balaban J connectivity index is 1.43. The van der Waals surface area contributed by atoms with Gasteiger partial charge in [-0.2, -0.15) is 4.31 Å². The quantitative estimate of drug-likeness (QED) is 0.562. The second-order valence-corrected chi connectivity index (χ2v) is 9.97. The van der Waals surface area contributed by atoms with Crippen molar-refractivity contribution in [1.29, 1.82) is 0 Å². The van der Waals surface area contributed by atoms with E-state index in [1.165, 1.54) is 22.5 Å². The van der Waals surface area contributed by atoms with Crippen molar-refractivity contribution in [3.8, 4) is 11.3 Å². The number of carbonyl (C=O) groups is 1. The fraction of sp³-hybridized carbons (Fsp3) is 0.238. The lowest BCUT2D eigenvalue weighted by Gasteiger charge is -2.33. The van der Waals surface area contributed by atoms with Gasteiger partial charge in [0.15, 0.2) is 0 Å². The number of benzene rings is 2. The van der Waals surface area contributed by atoms with Crippen molar-refractivity contribution >= 4 is 39.1 Å². The molecule has 1 aromatic heterocycles. The molecule has 0 radical (unpaired) electrons. The maximum absolute atomic E-state index is 12.9. The minimum absolute atomic E-state index is 0.0691. The van der Waals surface area contributed by atoms with Crippen molar-refractivity contribution < 1.29 is 17.7 Å². The van der Waals surface area contributed by atoms with Crippen LogP contribution in [0.1, 0.15) is 16.1 Å². The van der Waals surface area contributed by atoms with Gasteiger partial charge in [-0.15, -0.1) is 0 Å². The number of aromatic nitrogens is 1. The molecule has 31 heavy (non-hydrogen) atoms. The molecule has 0 bridgehead atoms. The molecule has 3 aromatic rings. The van der Waals surface area contributed by atoms with Gasteiger partial charge >= 0.3 is 0 Å². The van der Waals surface area contributed by atoms with Crippen LogP contribution < -0.4 is 0 Å².